The minimum Gasteiger partial charge on any atom is -0.481 e. The Hall–Kier alpha value is -1.22. The Morgan fingerprint density at radius 2 is 2.27 bits per heavy atom. The average Bonchev–Trinajstić information content (AvgIpc) is 2.14. The lowest BCUT2D eigenvalue weighted by Gasteiger charge is -2.09. The van der Waals surface area contributed by atoms with Crippen LogP contribution in [0.15, 0.2) is 0 Å². The molecule has 0 aliphatic heterocycles. The van der Waals surface area contributed by atoms with Gasteiger partial charge in [-0.2, -0.15) is 5.26 Å². The highest BCUT2D eigenvalue weighted by molar-refractivity contribution is 8.00. The van der Waals surface area contributed by atoms with Gasteiger partial charge in [0.05, 0.1) is 17.6 Å². The molecule has 0 saturated carbocycles. The molecule has 15 heavy (non-hydrogen) atoms. The summed E-state index contributed by atoms with van der Waals surface area (Å²) in [5.41, 5.74) is 0. The fourth-order valence-electron chi connectivity index (χ4n) is 0.899. The van der Waals surface area contributed by atoms with Gasteiger partial charge in [-0.05, 0) is 5.92 Å². The Labute approximate surface area is 92.8 Å². The summed E-state index contributed by atoms with van der Waals surface area (Å²) >= 11 is 1.24. The molecule has 84 valence electrons. The first-order chi connectivity index (χ1) is 7.06. The average molecular weight is 230 g/mol. The number of thioether (sulfide) groups is 1. The number of carbonyl (C=O) groups is 2. The first-order valence-corrected chi connectivity index (χ1v) is 5.65. The molecular weight excluding hydrogens is 216 g/mol. The molecule has 5 nitrogen and oxygen atoms in total. The van der Waals surface area contributed by atoms with Gasteiger partial charge in [-0.15, -0.1) is 11.8 Å². The number of rotatable bonds is 7. The van der Waals surface area contributed by atoms with Crippen LogP contribution in [0.1, 0.15) is 13.3 Å². The predicted octanol–water partition coefficient (Wildman–Crippen LogP) is 0.470. The summed E-state index contributed by atoms with van der Waals surface area (Å²) in [5, 5.41) is 19.3. The van der Waals surface area contributed by atoms with Gasteiger partial charge in [0, 0.05) is 13.0 Å². The van der Waals surface area contributed by atoms with E-state index in [1.807, 2.05) is 6.07 Å². The molecule has 6 heteroatoms. The molecule has 1 amide bonds. The lowest BCUT2D eigenvalue weighted by molar-refractivity contribution is -0.138. The number of carbonyl (C=O) groups excluding carboxylic acids is 1. The van der Waals surface area contributed by atoms with E-state index in [0.717, 1.165) is 0 Å². The third kappa shape index (κ3) is 9.09. The number of hydrogen-bond acceptors (Lipinski definition) is 4. The molecule has 0 saturated heterocycles. The maximum absolute atomic E-state index is 11.1. The van der Waals surface area contributed by atoms with Crippen molar-refractivity contribution in [1.29, 1.82) is 5.26 Å². The van der Waals surface area contributed by atoms with Gasteiger partial charge in [-0.3, -0.25) is 9.59 Å². The van der Waals surface area contributed by atoms with Crippen LogP contribution in [0, 0.1) is 17.2 Å². The molecule has 0 aromatic carbocycles. The lowest BCUT2D eigenvalue weighted by atomic mass is 10.1. The van der Waals surface area contributed by atoms with Crippen LogP contribution in [0.2, 0.25) is 0 Å². The monoisotopic (exact) mass is 230 g/mol. The van der Waals surface area contributed by atoms with Gasteiger partial charge in [-0.1, -0.05) is 6.92 Å². The topological polar surface area (TPSA) is 90.2 Å². The molecule has 1 unspecified atom stereocenters. The summed E-state index contributed by atoms with van der Waals surface area (Å²) in [6, 6.07) is 1.92. The minimum absolute atomic E-state index is 0.0472. The van der Waals surface area contributed by atoms with Gasteiger partial charge in [-0.25, -0.2) is 0 Å². The maximum atomic E-state index is 11.1. The first kappa shape index (κ1) is 13.8. The molecule has 0 heterocycles. The molecule has 2 N–H and O–H groups in total. The van der Waals surface area contributed by atoms with Gasteiger partial charge in [0.15, 0.2) is 0 Å². The van der Waals surface area contributed by atoms with Gasteiger partial charge >= 0.3 is 5.97 Å². The normalized spacial score (nSPS) is 11.5. The van der Waals surface area contributed by atoms with E-state index < -0.39 is 5.97 Å². The molecule has 1 atom stereocenters. The van der Waals surface area contributed by atoms with Crippen LogP contribution < -0.4 is 5.32 Å². The molecule has 0 fully saturated rings. The molecule has 0 aliphatic rings. The van der Waals surface area contributed by atoms with E-state index in [1.54, 1.807) is 6.92 Å². The number of carboxylic acids is 1. The van der Waals surface area contributed by atoms with Crippen molar-refractivity contribution in [2.24, 2.45) is 5.92 Å². The Morgan fingerprint density at radius 1 is 1.60 bits per heavy atom. The summed E-state index contributed by atoms with van der Waals surface area (Å²) in [6.45, 7) is 2.12. The second kappa shape index (κ2) is 8.12. The number of nitriles is 1. The third-order valence-corrected chi connectivity index (χ3v) is 2.37. The summed E-state index contributed by atoms with van der Waals surface area (Å²) in [4.78, 5) is 21.4. The number of amides is 1. The minimum atomic E-state index is -0.865. The van der Waals surface area contributed by atoms with Crippen LogP contribution in [0.25, 0.3) is 0 Å². The zero-order valence-electron chi connectivity index (χ0n) is 8.52. The molecule has 0 aromatic rings. The number of carboxylic acid groups (broad SMARTS) is 1. The van der Waals surface area contributed by atoms with E-state index in [1.165, 1.54) is 11.8 Å². The second-order valence-corrected chi connectivity index (χ2v) is 4.14. The number of nitrogens with one attached hydrogen (secondary N) is 1. The number of hydrogen-bond donors (Lipinski definition) is 2. The molecule has 0 rings (SSSR count). The van der Waals surface area contributed by atoms with Crippen LogP contribution in [0.3, 0.4) is 0 Å². The quantitative estimate of drug-likeness (QED) is 0.620. The van der Waals surface area contributed by atoms with Gasteiger partial charge < -0.3 is 10.4 Å². The van der Waals surface area contributed by atoms with Crippen LogP contribution in [0.4, 0.5) is 0 Å². The Kier molecular flexibility index (Phi) is 7.46. The van der Waals surface area contributed by atoms with Crippen LogP contribution in [-0.2, 0) is 9.59 Å². The van der Waals surface area contributed by atoms with Crippen molar-refractivity contribution >= 4 is 23.6 Å². The summed E-state index contributed by atoms with van der Waals surface area (Å²) in [5.74, 6) is -0.568. The van der Waals surface area contributed by atoms with E-state index in [4.69, 9.17) is 10.4 Å². The Bertz CT molecular complexity index is 263. The summed E-state index contributed by atoms with van der Waals surface area (Å²) in [6.07, 6.45) is 0.0472. The molecule has 0 spiro atoms. The van der Waals surface area contributed by atoms with E-state index in [2.05, 4.69) is 5.32 Å². The standard InChI is InChI=1S/C9H14N2O3S/c1-7(4-9(13)14)5-11-8(12)6-15-3-2-10/h7H,3-6H2,1H3,(H,11,12)(H,13,14). The van der Waals surface area contributed by atoms with Crippen LogP contribution in [-0.4, -0.2) is 35.0 Å². The van der Waals surface area contributed by atoms with Crippen molar-refractivity contribution in [3.05, 3.63) is 0 Å². The lowest BCUT2D eigenvalue weighted by Crippen LogP contribution is -2.30. The van der Waals surface area contributed by atoms with Crippen molar-refractivity contribution in [3.63, 3.8) is 0 Å². The van der Waals surface area contributed by atoms with Crippen molar-refractivity contribution in [2.75, 3.05) is 18.1 Å². The van der Waals surface area contributed by atoms with E-state index in [-0.39, 0.29) is 29.8 Å². The zero-order valence-corrected chi connectivity index (χ0v) is 9.34. The summed E-state index contributed by atoms with van der Waals surface area (Å²) < 4.78 is 0. The van der Waals surface area contributed by atoms with E-state index >= 15 is 0 Å². The molecule has 0 aliphatic carbocycles. The fraction of sp³-hybridized carbons (Fsp3) is 0.667. The van der Waals surface area contributed by atoms with Crippen LogP contribution >= 0.6 is 11.8 Å². The molecular formula is C9H14N2O3S. The highest BCUT2D eigenvalue weighted by Gasteiger charge is 2.09. The van der Waals surface area contributed by atoms with Gasteiger partial charge in [0.2, 0.25) is 5.91 Å². The highest BCUT2D eigenvalue weighted by atomic mass is 32.2. The first-order valence-electron chi connectivity index (χ1n) is 4.49. The fourth-order valence-corrected chi connectivity index (χ4v) is 1.38. The van der Waals surface area contributed by atoms with E-state index in [0.29, 0.717) is 6.54 Å². The third-order valence-electron chi connectivity index (χ3n) is 1.57. The number of aliphatic carboxylic acids is 1. The summed E-state index contributed by atoms with van der Waals surface area (Å²) in [7, 11) is 0. The Morgan fingerprint density at radius 3 is 2.80 bits per heavy atom. The smallest absolute Gasteiger partial charge is 0.303 e. The van der Waals surface area contributed by atoms with Crippen LogP contribution in [0.5, 0.6) is 0 Å². The SMILES string of the molecule is CC(CNC(=O)CSCC#N)CC(=O)O. The second-order valence-electron chi connectivity index (χ2n) is 3.16. The largest absolute Gasteiger partial charge is 0.481 e. The van der Waals surface area contributed by atoms with E-state index in [9.17, 15) is 9.59 Å². The van der Waals surface area contributed by atoms with Crippen molar-refractivity contribution in [3.8, 4) is 6.07 Å². The van der Waals surface area contributed by atoms with Gasteiger partial charge in [0.25, 0.3) is 0 Å². The van der Waals surface area contributed by atoms with Crippen molar-refractivity contribution in [1.82, 2.24) is 5.32 Å². The highest BCUT2D eigenvalue weighted by Crippen LogP contribution is 2.00. The van der Waals surface area contributed by atoms with Crippen molar-refractivity contribution < 1.29 is 14.7 Å². The number of nitrogens with zero attached hydrogens (tertiary/aromatic N) is 1. The maximum Gasteiger partial charge on any atom is 0.303 e. The zero-order chi connectivity index (χ0) is 11.7. The Balaban J connectivity index is 3.53. The molecule has 0 bridgehead atoms. The van der Waals surface area contributed by atoms with Gasteiger partial charge in [0.1, 0.15) is 0 Å². The molecule has 0 radical (unpaired) electrons. The van der Waals surface area contributed by atoms with Crippen molar-refractivity contribution in [2.45, 2.75) is 13.3 Å². The molecule has 0 aromatic heterocycles. The predicted molar refractivity (Wildman–Crippen MR) is 57.4 cm³/mol.